The number of rotatable bonds is 11. The van der Waals surface area contributed by atoms with Crippen molar-refractivity contribution in [3.05, 3.63) is 206 Å². The van der Waals surface area contributed by atoms with Crippen LogP contribution in [0, 0.1) is 0 Å². The molecule has 0 aliphatic heterocycles. The maximum absolute atomic E-state index is 6.06. The molecule has 0 aliphatic rings. The van der Waals surface area contributed by atoms with Crippen molar-refractivity contribution in [2.24, 2.45) is 0 Å². The molecule has 0 fully saturated rings. The van der Waals surface area contributed by atoms with E-state index in [1.807, 2.05) is 84.9 Å². The maximum atomic E-state index is 6.06. The van der Waals surface area contributed by atoms with Gasteiger partial charge in [-0.3, -0.25) is 0 Å². The topological polar surface area (TPSA) is 77.0 Å². The van der Waals surface area contributed by atoms with Crippen molar-refractivity contribution >= 4 is 45.5 Å². The van der Waals surface area contributed by atoms with Gasteiger partial charge in [-0.05, 0) is 157 Å². The minimum absolute atomic E-state index is 0.703. The van der Waals surface area contributed by atoms with Gasteiger partial charge in [-0.25, -0.2) is 0 Å². The highest BCUT2D eigenvalue weighted by atomic mass is 16.5. The van der Waals surface area contributed by atoms with Crippen LogP contribution in [0.2, 0.25) is 0 Å². The van der Waals surface area contributed by atoms with Gasteiger partial charge in [0.15, 0.2) is 0 Å². The van der Waals surface area contributed by atoms with Crippen molar-refractivity contribution in [3.8, 4) is 34.1 Å². The Bertz CT molecular complexity index is 2220. The number of nitrogens with two attached hydrogens (primary N) is 2. The molecule has 4 N–H and O–H groups in total. The van der Waals surface area contributed by atoms with E-state index >= 15 is 0 Å². The molecule has 0 bridgehead atoms. The third kappa shape index (κ3) is 7.73. The van der Waals surface area contributed by atoms with Crippen LogP contribution in [0.1, 0.15) is 0 Å². The predicted octanol–water partition coefficient (Wildman–Crippen LogP) is 13.0. The summed E-state index contributed by atoms with van der Waals surface area (Å²) in [5.41, 5.74) is 21.6. The van der Waals surface area contributed by atoms with Crippen molar-refractivity contribution < 1.29 is 9.47 Å². The highest BCUT2D eigenvalue weighted by Crippen LogP contribution is 2.39. The zero-order valence-electron chi connectivity index (χ0n) is 29.5. The number of ether oxygens (including phenoxy) is 2. The molecule has 0 aliphatic carbocycles. The fourth-order valence-electron chi connectivity index (χ4n) is 6.32. The third-order valence-corrected chi connectivity index (χ3v) is 9.03. The van der Waals surface area contributed by atoms with E-state index in [4.69, 9.17) is 20.9 Å². The highest BCUT2D eigenvalue weighted by molar-refractivity contribution is 5.81. The van der Waals surface area contributed by atoms with Gasteiger partial charge in [0.2, 0.25) is 0 Å². The van der Waals surface area contributed by atoms with Crippen molar-refractivity contribution in [3.63, 3.8) is 0 Å². The summed E-state index contributed by atoms with van der Waals surface area (Å²) in [4.78, 5) is 4.48. The van der Waals surface area contributed by atoms with E-state index in [1.54, 1.807) is 0 Å². The first kappa shape index (κ1) is 33.7. The smallest absolute Gasteiger partial charge is 0.127 e. The quantitative estimate of drug-likeness (QED) is 0.131. The van der Waals surface area contributed by atoms with Gasteiger partial charge in [0.05, 0.1) is 0 Å². The monoisotopic (exact) mass is 702 g/mol. The summed E-state index contributed by atoms with van der Waals surface area (Å²) in [6.07, 6.45) is 0. The lowest BCUT2D eigenvalue weighted by Crippen LogP contribution is -2.10. The van der Waals surface area contributed by atoms with Crippen molar-refractivity contribution in [2.75, 3.05) is 21.3 Å². The molecule has 0 spiro atoms. The van der Waals surface area contributed by atoms with Crippen LogP contribution in [0.3, 0.4) is 0 Å². The molecule has 0 saturated heterocycles. The molecule has 262 valence electrons. The summed E-state index contributed by atoms with van der Waals surface area (Å²) < 4.78 is 12.1. The first-order valence-corrected chi connectivity index (χ1v) is 17.7. The van der Waals surface area contributed by atoms with Crippen molar-refractivity contribution in [1.82, 2.24) is 0 Å². The number of anilines is 8. The average molecular weight is 703 g/mol. The molecule has 8 aromatic rings. The molecule has 0 unspecified atom stereocenters. The molecule has 8 aromatic carbocycles. The number of nitrogen functional groups attached to an aromatic ring is 2. The van der Waals surface area contributed by atoms with E-state index in [9.17, 15) is 0 Å². The van der Waals surface area contributed by atoms with Crippen molar-refractivity contribution in [1.29, 1.82) is 0 Å². The Labute approximate surface area is 315 Å². The number of benzene rings is 8. The van der Waals surface area contributed by atoms with E-state index in [-0.39, 0.29) is 0 Å². The van der Waals surface area contributed by atoms with Gasteiger partial charge >= 0.3 is 0 Å². The largest absolute Gasteiger partial charge is 0.457 e. The number of hydrogen-bond acceptors (Lipinski definition) is 6. The van der Waals surface area contributed by atoms with Crippen LogP contribution in [0.5, 0.6) is 23.0 Å². The van der Waals surface area contributed by atoms with E-state index in [0.29, 0.717) is 11.4 Å². The van der Waals surface area contributed by atoms with Crippen LogP contribution < -0.4 is 30.7 Å². The molecule has 0 heterocycles. The van der Waals surface area contributed by atoms with Crippen LogP contribution in [0.15, 0.2) is 206 Å². The van der Waals surface area contributed by atoms with Gasteiger partial charge in [-0.1, -0.05) is 60.7 Å². The fourth-order valence-corrected chi connectivity index (χ4v) is 6.32. The second kappa shape index (κ2) is 15.4. The van der Waals surface area contributed by atoms with Crippen LogP contribution >= 0.6 is 0 Å². The summed E-state index contributed by atoms with van der Waals surface area (Å²) in [5.74, 6) is 2.98. The Morgan fingerprint density at radius 3 is 0.796 bits per heavy atom. The molecular formula is C48H38N4O2. The lowest BCUT2D eigenvalue weighted by molar-refractivity contribution is 0.482. The Kier molecular flexibility index (Phi) is 9.63. The normalized spacial score (nSPS) is 10.7. The van der Waals surface area contributed by atoms with Gasteiger partial charge in [-0.2, -0.15) is 0 Å². The zero-order valence-corrected chi connectivity index (χ0v) is 29.5. The molecule has 0 aromatic heterocycles. The summed E-state index contributed by atoms with van der Waals surface area (Å²) in [7, 11) is 0. The summed E-state index contributed by atoms with van der Waals surface area (Å²) >= 11 is 0. The summed E-state index contributed by atoms with van der Waals surface area (Å²) in [5, 5.41) is 0. The summed E-state index contributed by atoms with van der Waals surface area (Å²) in [6.45, 7) is 0. The van der Waals surface area contributed by atoms with Gasteiger partial charge in [0, 0.05) is 45.5 Å². The average Bonchev–Trinajstić information content (AvgIpc) is 3.22. The minimum atomic E-state index is 0.703. The van der Waals surface area contributed by atoms with Gasteiger partial charge in [0.25, 0.3) is 0 Å². The predicted molar refractivity (Wildman–Crippen MR) is 223 cm³/mol. The first-order chi connectivity index (χ1) is 26.6. The van der Waals surface area contributed by atoms with Crippen LogP contribution in [-0.4, -0.2) is 0 Å². The lowest BCUT2D eigenvalue weighted by Gasteiger charge is -2.26. The molecule has 8 rings (SSSR count). The fraction of sp³-hybridized carbons (Fsp3) is 0. The van der Waals surface area contributed by atoms with E-state index in [1.165, 1.54) is 0 Å². The van der Waals surface area contributed by atoms with E-state index in [0.717, 1.165) is 68.2 Å². The number of para-hydroxylation sites is 2. The number of hydrogen-bond donors (Lipinski definition) is 2. The standard InChI is InChI=1S/C48H38N4O2/c49-37-15-27-45(28-16-37)53-47-31-23-43(24-32-47)51(39-7-3-1-4-8-39)41-19-11-35(12-20-41)36-13-21-42(22-14-36)52(40-9-5-2-6-10-40)44-25-33-48(34-26-44)54-46-29-17-38(50)18-30-46/h1-34H,49-50H2. The summed E-state index contributed by atoms with van der Waals surface area (Å²) in [6, 6.07) is 69.2. The third-order valence-electron chi connectivity index (χ3n) is 9.03. The zero-order chi connectivity index (χ0) is 36.7. The molecule has 0 atom stereocenters. The molecule has 6 nitrogen and oxygen atoms in total. The Hall–Kier alpha value is -7.44. The van der Waals surface area contributed by atoms with E-state index in [2.05, 4.69) is 131 Å². The maximum Gasteiger partial charge on any atom is 0.127 e. The van der Waals surface area contributed by atoms with Crippen LogP contribution in [-0.2, 0) is 0 Å². The SMILES string of the molecule is Nc1ccc(Oc2ccc(N(c3ccccc3)c3ccc(-c4ccc(N(c5ccccc5)c5ccc(Oc6ccc(N)cc6)cc5)cc4)cc3)cc2)cc1. The lowest BCUT2D eigenvalue weighted by atomic mass is 10.0. The van der Waals surface area contributed by atoms with Gasteiger partial charge in [-0.15, -0.1) is 0 Å². The molecule has 0 radical (unpaired) electrons. The van der Waals surface area contributed by atoms with Gasteiger partial charge in [0.1, 0.15) is 23.0 Å². The van der Waals surface area contributed by atoms with Crippen molar-refractivity contribution in [2.45, 2.75) is 0 Å². The number of nitrogens with zero attached hydrogens (tertiary/aromatic N) is 2. The second-order valence-corrected chi connectivity index (χ2v) is 12.8. The van der Waals surface area contributed by atoms with Crippen LogP contribution in [0.25, 0.3) is 11.1 Å². The Balaban J connectivity index is 1.03. The minimum Gasteiger partial charge on any atom is -0.457 e. The molecule has 0 amide bonds. The molecule has 0 saturated carbocycles. The molecule has 6 heteroatoms. The Morgan fingerprint density at radius 1 is 0.259 bits per heavy atom. The van der Waals surface area contributed by atoms with Crippen LogP contribution in [0.4, 0.5) is 45.5 Å². The molecular weight excluding hydrogens is 665 g/mol. The van der Waals surface area contributed by atoms with Gasteiger partial charge < -0.3 is 30.7 Å². The first-order valence-electron chi connectivity index (χ1n) is 17.7. The Morgan fingerprint density at radius 2 is 0.500 bits per heavy atom. The van der Waals surface area contributed by atoms with E-state index < -0.39 is 0 Å². The highest BCUT2D eigenvalue weighted by Gasteiger charge is 2.15. The molecule has 54 heavy (non-hydrogen) atoms. The second-order valence-electron chi connectivity index (χ2n) is 12.8.